The maximum Gasteiger partial charge on any atom is 0.191 e. The van der Waals surface area contributed by atoms with Gasteiger partial charge in [0.2, 0.25) is 0 Å². The van der Waals surface area contributed by atoms with Gasteiger partial charge in [0.15, 0.2) is 5.96 Å². The van der Waals surface area contributed by atoms with Crippen LogP contribution in [0.5, 0.6) is 0 Å². The molecule has 148 valence electrons. The number of furan rings is 1. The number of nitrogens with zero attached hydrogens (tertiary/aromatic N) is 2. The van der Waals surface area contributed by atoms with E-state index in [4.69, 9.17) is 4.42 Å². The summed E-state index contributed by atoms with van der Waals surface area (Å²) < 4.78 is 5.56. The van der Waals surface area contributed by atoms with Crippen LogP contribution in [0.4, 0.5) is 0 Å². The third-order valence-electron chi connectivity index (χ3n) is 4.97. The zero-order valence-corrected chi connectivity index (χ0v) is 16.8. The molecule has 1 fully saturated rings. The van der Waals surface area contributed by atoms with Crippen molar-refractivity contribution in [2.75, 3.05) is 39.3 Å². The van der Waals surface area contributed by atoms with Crippen LogP contribution in [0.2, 0.25) is 0 Å². The summed E-state index contributed by atoms with van der Waals surface area (Å²) in [5.41, 5.74) is -1.11. The van der Waals surface area contributed by atoms with E-state index in [1.54, 1.807) is 6.92 Å². The van der Waals surface area contributed by atoms with Gasteiger partial charge in [0.05, 0.1) is 6.54 Å². The molecule has 6 nitrogen and oxygen atoms in total. The van der Waals surface area contributed by atoms with Gasteiger partial charge in [0, 0.05) is 13.1 Å². The van der Waals surface area contributed by atoms with Gasteiger partial charge in [-0.25, -0.2) is 4.99 Å². The van der Waals surface area contributed by atoms with Crippen LogP contribution in [0.15, 0.2) is 21.5 Å². The van der Waals surface area contributed by atoms with Gasteiger partial charge in [0.1, 0.15) is 17.1 Å². The van der Waals surface area contributed by atoms with Crippen molar-refractivity contribution in [1.82, 2.24) is 15.5 Å². The molecule has 0 aliphatic carbocycles. The normalized spacial score (nSPS) is 19.3. The van der Waals surface area contributed by atoms with Gasteiger partial charge in [-0.15, -0.1) is 0 Å². The smallest absolute Gasteiger partial charge is 0.191 e. The van der Waals surface area contributed by atoms with Crippen LogP contribution < -0.4 is 10.6 Å². The van der Waals surface area contributed by atoms with E-state index in [0.29, 0.717) is 11.7 Å². The van der Waals surface area contributed by atoms with Crippen LogP contribution >= 0.6 is 0 Å². The minimum atomic E-state index is -1.11. The van der Waals surface area contributed by atoms with Crippen LogP contribution in [0.25, 0.3) is 0 Å². The molecule has 1 aliphatic rings. The fraction of sp³-hybridized carbons (Fsp3) is 0.750. The zero-order valence-electron chi connectivity index (χ0n) is 16.8. The van der Waals surface area contributed by atoms with E-state index in [0.717, 1.165) is 24.8 Å². The summed E-state index contributed by atoms with van der Waals surface area (Å²) in [5, 5.41) is 17.4. The SMILES string of the molecule is CCCN1CCC(CNC(=NCC(C)(O)c2ccc(C)o2)NCC)CC1. The van der Waals surface area contributed by atoms with Gasteiger partial charge in [-0.3, -0.25) is 0 Å². The Kier molecular flexibility index (Phi) is 7.97. The molecule has 0 aromatic carbocycles. The number of nitrogens with one attached hydrogen (secondary N) is 2. The maximum absolute atomic E-state index is 10.7. The van der Waals surface area contributed by atoms with Crippen LogP contribution in [0.1, 0.15) is 51.6 Å². The predicted octanol–water partition coefficient (Wildman–Crippen LogP) is 2.47. The molecule has 0 spiro atoms. The van der Waals surface area contributed by atoms with Crippen molar-refractivity contribution in [2.24, 2.45) is 10.9 Å². The third-order valence-corrected chi connectivity index (χ3v) is 4.97. The van der Waals surface area contributed by atoms with Crippen molar-refractivity contribution in [1.29, 1.82) is 0 Å². The molecule has 2 heterocycles. The Morgan fingerprint density at radius 2 is 2.04 bits per heavy atom. The van der Waals surface area contributed by atoms with Crippen molar-refractivity contribution < 1.29 is 9.52 Å². The highest BCUT2D eigenvalue weighted by molar-refractivity contribution is 5.79. The van der Waals surface area contributed by atoms with E-state index in [2.05, 4.69) is 34.4 Å². The summed E-state index contributed by atoms with van der Waals surface area (Å²) in [4.78, 5) is 7.13. The molecule has 0 amide bonds. The van der Waals surface area contributed by atoms with E-state index < -0.39 is 5.60 Å². The lowest BCUT2D eigenvalue weighted by Gasteiger charge is -2.32. The lowest BCUT2D eigenvalue weighted by atomic mass is 9.97. The lowest BCUT2D eigenvalue weighted by Crippen LogP contribution is -2.43. The number of likely N-dealkylation sites (tertiary alicyclic amines) is 1. The molecule has 1 unspecified atom stereocenters. The molecule has 1 saturated heterocycles. The second kappa shape index (κ2) is 9.97. The van der Waals surface area contributed by atoms with Gasteiger partial charge < -0.3 is 25.1 Å². The Balaban J connectivity index is 1.85. The molecule has 0 saturated carbocycles. The maximum atomic E-state index is 10.7. The fourth-order valence-corrected chi connectivity index (χ4v) is 3.35. The van der Waals surface area contributed by atoms with Crippen LogP contribution in [0.3, 0.4) is 0 Å². The molecule has 6 heteroatoms. The summed E-state index contributed by atoms with van der Waals surface area (Å²) in [6, 6.07) is 3.68. The highest BCUT2D eigenvalue weighted by Crippen LogP contribution is 2.23. The van der Waals surface area contributed by atoms with Gasteiger partial charge in [-0.05, 0) is 77.7 Å². The van der Waals surface area contributed by atoms with E-state index in [1.807, 2.05) is 19.1 Å². The fourth-order valence-electron chi connectivity index (χ4n) is 3.35. The van der Waals surface area contributed by atoms with Crippen molar-refractivity contribution >= 4 is 5.96 Å². The number of aliphatic imine (C=N–C) groups is 1. The van der Waals surface area contributed by atoms with Crippen molar-refractivity contribution in [3.05, 3.63) is 23.7 Å². The molecule has 3 N–H and O–H groups in total. The Morgan fingerprint density at radius 3 is 2.62 bits per heavy atom. The topological polar surface area (TPSA) is 73.0 Å². The Bertz CT molecular complexity index is 560. The molecule has 1 aromatic rings. The van der Waals surface area contributed by atoms with E-state index in [9.17, 15) is 5.11 Å². The Labute approximate surface area is 158 Å². The molecular formula is C20H36N4O2. The first-order valence-corrected chi connectivity index (χ1v) is 9.98. The van der Waals surface area contributed by atoms with Crippen molar-refractivity contribution in [3.8, 4) is 0 Å². The highest BCUT2D eigenvalue weighted by atomic mass is 16.4. The second-order valence-electron chi connectivity index (χ2n) is 7.55. The molecule has 26 heavy (non-hydrogen) atoms. The minimum absolute atomic E-state index is 0.254. The highest BCUT2D eigenvalue weighted by Gasteiger charge is 2.27. The number of hydrogen-bond acceptors (Lipinski definition) is 4. The van der Waals surface area contributed by atoms with E-state index >= 15 is 0 Å². The van der Waals surface area contributed by atoms with Gasteiger partial charge in [0.25, 0.3) is 0 Å². The quantitative estimate of drug-likeness (QED) is 0.488. The number of rotatable bonds is 8. The third kappa shape index (κ3) is 6.32. The van der Waals surface area contributed by atoms with E-state index in [-0.39, 0.29) is 6.54 Å². The summed E-state index contributed by atoms with van der Waals surface area (Å²) in [5.74, 6) is 2.79. The molecule has 2 rings (SSSR count). The lowest BCUT2D eigenvalue weighted by molar-refractivity contribution is 0.0428. The first kappa shape index (κ1) is 20.8. The standard InChI is InChI=1S/C20H36N4O2/c1-5-11-24-12-9-17(10-13-24)14-22-19(21-6-2)23-15-20(4,25)18-8-7-16(3)26-18/h7-8,17,25H,5-6,9-15H2,1-4H3,(H2,21,22,23). The average molecular weight is 365 g/mol. The molecular weight excluding hydrogens is 328 g/mol. The monoisotopic (exact) mass is 364 g/mol. The summed E-state index contributed by atoms with van der Waals surface area (Å²) in [6.45, 7) is 13.5. The molecule has 0 bridgehead atoms. The number of hydrogen-bond donors (Lipinski definition) is 3. The molecule has 1 aromatic heterocycles. The zero-order chi connectivity index (χ0) is 19.0. The molecule has 1 atom stereocenters. The van der Waals surface area contributed by atoms with E-state index in [1.165, 1.54) is 38.9 Å². The average Bonchev–Trinajstić information content (AvgIpc) is 3.06. The summed E-state index contributed by atoms with van der Waals surface area (Å²) in [6.07, 6.45) is 3.70. The van der Waals surface area contributed by atoms with Gasteiger partial charge >= 0.3 is 0 Å². The molecule has 1 aliphatic heterocycles. The number of piperidine rings is 1. The van der Waals surface area contributed by atoms with Gasteiger partial charge in [-0.2, -0.15) is 0 Å². The molecule has 0 radical (unpaired) electrons. The second-order valence-corrected chi connectivity index (χ2v) is 7.55. The first-order valence-electron chi connectivity index (χ1n) is 9.98. The largest absolute Gasteiger partial charge is 0.463 e. The Morgan fingerprint density at radius 1 is 1.31 bits per heavy atom. The van der Waals surface area contributed by atoms with Crippen LogP contribution in [-0.4, -0.2) is 55.2 Å². The number of guanidine groups is 1. The predicted molar refractivity (Wildman–Crippen MR) is 106 cm³/mol. The Hall–Kier alpha value is -1.53. The van der Waals surface area contributed by atoms with Crippen molar-refractivity contribution in [3.63, 3.8) is 0 Å². The first-order chi connectivity index (χ1) is 12.4. The van der Waals surface area contributed by atoms with Crippen LogP contribution in [0, 0.1) is 12.8 Å². The number of aliphatic hydroxyl groups is 1. The number of aryl methyl sites for hydroxylation is 1. The van der Waals surface area contributed by atoms with Gasteiger partial charge in [-0.1, -0.05) is 6.92 Å². The van der Waals surface area contributed by atoms with Crippen LogP contribution in [-0.2, 0) is 5.60 Å². The summed E-state index contributed by atoms with van der Waals surface area (Å²) in [7, 11) is 0. The summed E-state index contributed by atoms with van der Waals surface area (Å²) >= 11 is 0. The van der Waals surface area contributed by atoms with Crippen molar-refractivity contribution in [2.45, 2.75) is 52.6 Å². The minimum Gasteiger partial charge on any atom is -0.463 e.